The highest BCUT2D eigenvalue weighted by Gasteiger charge is 2.38. The fourth-order valence-corrected chi connectivity index (χ4v) is 4.49. The van der Waals surface area contributed by atoms with Gasteiger partial charge in [-0.15, -0.1) is 0 Å². The third-order valence-electron chi connectivity index (χ3n) is 6.47. The van der Waals surface area contributed by atoms with Crippen LogP contribution in [0.25, 0.3) is 0 Å². The number of carbonyl (C=O) groups is 3. The summed E-state index contributed by atoms with van der Waals surface area (Å²) in [6, 6.07) is 0. The van der Waals surface area contributed by atoms with Gasteiger partial charge < -0.3 is 14.5 Å². The highest BCUT2D eigenvalue weighted by molar-refractivity contribution is 5.81. The third kappa shape index (κ3) is 4.38. The van der Waals surface area contributed by atoms with Crippen LogP contribution in [-0.4, -0.2) is 60.9 Å². The number of carbonyl (C=O) groups excluding carboxylic acids is 3. The number of esters is 1. The molecular formula is C20H32N2O4. The largest absolute Gasteiger partial charge is 0.469 e. The normalized spacial score (nSPS) is 27.3. The molecule has 26 heavy (non-hydrogen) atoms. The monoisotopic (exact) mass is 364 g/mol. The van der Waals surface area contributed by atoms with E-state index in [2.05, 4.69) is 6.92 Å². The Labute approximate surface area is 156 Å². The molecule has 0 aromatic rings. The van der Waals surface area contributed by atoms with E-state index in [1.807, 2.05) is 9.80 Å². The van der Waals surface area contributed by atoms with Crippen molar-refractivity contribution in [2.45, 2.75) is 51.9 Å². The molecule has 3 aliphatic rings. The molecule has 0 aromatic heterocycles. The van der Waals surface area contributed by atoms with E-state index in [0.29, 0.717) is 50.1 Å². The Bertz CT molecular complexity index is 538. The highest BCUT2D eigenvalue weighted by atomic mass is 16.5. The van der Waals surface area contributed by atoms with Crippen molar-refractivity contribution in [2.75, 3.05) is 33.3 Å². The lowest BCUT2D eigenvalue weighted by Gasteiger charge is -2.39. The Morgan fingerprint density at radius 2 is 1.54 bits per heavy atom. The quantitative estimate of drug-likeness (QED) is 0.701. The molecule has 2 heterocycles. The molecule has 146 valence electrons. The molecule has 0 unspecified atom stereocenters. The van der Waals surface area contributed by atoms with Crippen LogP contribution >= 0.6 is 0 Å². The van der Waals surface area contributed by atoms with Crippen LogP contribution in [0.3, 0.4) is 0 Å². The van der Waals surface area contributed by atoms with Crippen LogP contribution in [0.15, 0.2) is 0 Å². The van der Waals surface area contributed by atoms with E-state index in [0.717, 1.165) is 38.8 Å². The van der Waals surface area contributed by atoms with Crippen molar-refractivity contribution in [3.8, 4) is 0 Å². The van der Waals surface area contributed by atoms with Crippen molar-refractivity contribution in [3.63, 3.8) is 0 Å². The second-order valence-electron chi connectivity index (χ2n) is 8.16. The first-order valence-electron chi connectivity index (χ1n) is 10.2. The van der Waals surface area contributed by atoms with Crippen molar-refractivity contribution >= 4 is 17.8 Å². The minimum Gasteiger partial charge on any atom is -0.469 e. The molecule has 6 heteroatoms. The second-order valence-corrected chi connectivity index (χ2v) is 8.16. The lowest BCUT2D eigenvalue weighted by molar-refractivity contribution is -0.149. The van der Waals surface area contributed by atoms with Crippen LogP contribution in [0.2, 0.25) is 0 Å². The predicted molar refractivity (Wildman–Crippen MR) is 97.1 cm³/mol. The van der Waals surface area contributed by atoms with Gasteiger partial charge in [0, 0.05) is 38.5 Å². The molecule has 2 saturated heterocycles. The summed E-state index contributed by atoms with van der Waals surface area (Å²) in [6.07, 6.45) is 6.02. The smallest absolute Gasteiger partial charge is 0.308 e. The number of likely N-dealkylation sites (tertiary alicyclic amines) is 2. The zero-order chi connectivity index (χ0) is 18.7. The van der Waals surface area contributed by atoms with Crippen molar-refractivity contribution in [1.29, 1.82) is 0 Å². The molecule has 0 N–H and O–H groups in total. The van der Waals surface area contributed by atoms with Crippen LogP contribution in [-0.2, 0) is 19.1 Å². The van der Waals surface area contributed by atoms with Crippen molar-refractivity contribution in [1.82, 2.24) is 9.80 Å². The van der Waals surface area contributed by atoms with E-state index in [1.165, 1.54) is 7.11 Å². The van der Waals surface area contributed by atoms with E-state index in [1.54, 1.807) is 0 Å². The van der Waals surface area contributed by atoms with E-state index in [4.69, 9.17) is 4.74 Å². The summed E-state index contributed by atoms with van der Waals surface area (Å²) in [6.45, 7) is 5.07. The zero-order valence-electron chi connectivity index (χ0n) is 16.1. The number of hydrogen-bond donors (Lipinski definition) is 0. The predicted octanol–water partition coefficient (Wildman–Crippen LogP) is 2.07. The molecule has 0 aromatic carbocycles. The summed E-state index contributed by atoms with van der Waals surface area (Å²) in [5.74, 6) is 1.38. The molecular weight excluding hydrogens is 332 g/mol. The number of amides is 2. The maximum Gasteiger partial charge on any atom is 0.308 e. The van der Waals surface area contributed by atoms with Gasteiger partial charge in [0.15, 0.2) is 0 Å². The van der Waals surface area contributed by atoms with Gasteiger partial charge in [-0.25, -0.2) is 0 Å². The first-order chi connectivity index (χ1) is 12.5. The van der Waals surface area contributed by atoms with Gasteiger partial charge in [-0.3, -0.25) is 14.4 Å². The van der Waals surface area contributed by atoms with E-state index < -0.39 is 0 Å². The molecule has 0 bridgehead atoms. The third-order valence-corrected chi connectivity index (χ3v) is 6.47. The topological polar surface area (TPSA) is 66.9 Å². The molecule has 3 fully saturated rings. The standard InChI is InChI=1S/C20H32N2O4/c1-3-14-13-22(19(24)15-4-5-15)11-8-17(14)12-18(23)21-9-6-16(7-10-21)20(25)26-2/h14-17H,3-13H2,1-2H3/t14-,17-/m0/s1. The number of hydrogen-bond acceptors (Lipinski definition) is 4. The summed E-state index contributed by atoms with van der Waals surface area (Å²) in [5.41, 5.74) is 0. The fourth-order valence-electron chi connectivity index (χ4n) is 4.49. The van der Waals surface area contributed by atoms with Gasteiger partial charge in [0.25, 0.3) is 0 Å². The van der Waals surface area contributed by atoms with Gasteiger partial charge >= 0.3 is 5.97 Å². The number of rotatable bonds is 5. The maximum absolute atomic E-state index is 12.7. The van der Waals surface area contributed by atoms with Gasteiger partial charge in [0.2, 0.25) is 11.8 Å². The van der Waals surface area contributed by atoms with Crippen molar-refractivity contribution in [2.24, 2.45) is 23.7 Å². The van der Waals surface area contributed by atoms with E-state index >= 15 is 0 Å². The van der Waals surface area contributed by atoms with Crippen LogP contribution in [0.5, 0.6) is 0 Å². The fraction of sp³-hybridized carbons (Fsp3) is 0.850. The van der Waals surface area contributed by atoms with Gasteiger partial charge in [0.1, 0.15) is 0 Å². The average molecular weight is 364 g/mol. The Balaban J connectivity index is 1.48. The van der Waals surface area contributed by atoms with Crippen LogP contribution < -0.4 is 0 Å². The summed E-state index contributed by atoms with van der Waals surface area (Å²) < 4.78 is 4.81. The lowest BCUT2D eigenvalue weighted by atomic mass is 9.81. The Hall–Kier alpha value is -1.59. The number of nitrogens with zero attached hydrogens (tertiary/aromatic N) is 2. The molecule has 1 saturated carbocycles. The van der Waals surface area contributed by atoms with Gasteiger partial charge in [-0.1, -0.05) is 13.3 Å². The second kappa shape index (κ2) is 8.40. The molecule has 3 rings (SSSR count). The molecule has 2 amide bonds. The van der Waals surface area contributed by atoms with Gasteiger partial charge in [-0.05, 0) is 43.9 Å². The first kappa shape index (κ1) is 19.2. The SMILES string of the molecule is CC[C@H]1CN(C(=O)C2CC2)CC[C@H]1CC(=O)N1CCC(C(=O)OC)CC1. The first-order valence-corrected chi connectivity index (χ1v) is 10.2. The maximum atomic E-state index is 12.7. The van der Waals surface area contributed by atoms with Crippen LogP contribution in [0.1, 0.15) is 51.9 Å². The minimum absolute atomic E-state index is 0.0656. The molecule has 0 spiro atoms. The average Bonchev–Trinajstić information content (AvgIpc) is 3.52. The lowest BCUT2D eigenvalue weighted by Crippen LogP contribution is -2.46. The molecule has 0 radical (unpaired) electrons. The molecule has 2 aliphatic heterocycles. The van der Waals surface area contributed by atoms with Crippen LogP contribution in [0.4, 0.5) is 0 Å². The van der Waals surface area contributed by atoms with Gasteiger partial charge in [-0.2, -0.15) is 0 Å². The number of methoxy groups -OCH3 is 1. The highest BCUT2D eigenvalue weighted by Crippen LogP contribution is 2.35. The zero-order valence-corrected chi connectivity index (χ0v) is 16.1. The minimum atomic E-state index is -0.157. The Kier molecular flexibility index (Phi) is 6.20. The molecule has 2 atom stereocenters. The van der Waals surface area contributed by atoms with Crippen molar-refractivity contribution < 1.29 is 19.1 Å². The van der Waals surface area contributed by atoms with E-state index in [-0.39, 0.29) is 23.7 Å². The summed E-state index contributed by atoms with van der Waals surface area (Å²) >= 11 is 0. The number of ether oxygens (including phenoxy) is 1. The molecule has 1 aliphatic carbocycles. The number of piperidine rings is 2. The Morgan fingerprint density at radius 3 is 2.12 bits per heavy atom. The summed E-state index contributed by atoms with van der Waals surface area (Å²) in [4.78, 5) is 40.6. The molecule has 6 nitrogen and oxygen atoms in total. The van der Waals surface area contributed by atoms with Crippen molar-refractivity contribution in [3.05, 3.63) is 0 Å². The van der Waals surface area contributed by atoms with Gasteiger partial charge in [0.05, 0.1) is 13.0 Å². The Morgan fingerprint density at radius 1 is 0.885 bits per heavy atom. The summed E-state index contributed by atoms with van der Waals surface area (Å²) in [5, 5.41) is 0. The summed E-state index contributed by atoms with van der Waals surface area (Å²) in [7, 11) is 1.42. The van der Waals surface area contributed by atoms with Crippen LogP contribution in [0, 0.1) is 23.7 Å². The van der Waals surface area contributed by atoms with E-state index in [9.17, 15) is 14.4 Å².